The van der Waals surface area contributed by atoms with E-state index in [0.29, 0.717) is 12.5 Å². The van der Waals surface area contributed by atoms with E-state index in [9.17, 15) is 14.9 Å². The average Bonchev–Trinajstić information content (AvgIpc) is 2.37. The summed E-state index contributed by atoms with van der Waals surface area (Å²) in [4.78, 5) is 24.2. The second-order valence-corrected chi connectivity index (χ2v) is 5.81. The molecule has 1 aromatic carbocycles. The van der Waals surface area contributed by atoms with Gasteiger partial charge in [0.2, 0.25) is 0 Å². The number of rotatable bonds is 6. The van der Waals surface area contributed by atoms with Crippen molar-refractivity contribution in [2.45, 2.75) is 19.9 Å². The SMILES string of the molecule is CC(C)C(CNC(=O)c1ccc([N+](=O)[O-])cc1Cl)N(C)C. The van der Waals surface area contributed by atoms with Gasteiger partial charge in [0.25, 0.3) is 11.6 Å². The van der Waals surface area contributed by atoms with E-state index >= 15 is 0 Å². The van der Waals surface area contributed by atoms with Gasteiger partial charge in [-0.25, -0.2) is 0 Å². The summed E-state index contributed by atoms with van der Waals surface area (Å²) in [5.41, 5.74) is 0.105. The first-order valence-corrected chi connectivity index (χ1v) is 7.00. The summed E-state index contributed by atoms with van der Waals surface area (Å²) in [6, 6.07) is 4.02. The Hall–Kier alpha value is -1.66. The van der Waals surface area contributed by atoms with Crippen LogP contribution in [0.1, 0.15) is 24.2 Å². The molecule has 0 bridgehead atoms. The van der Waals surface area contributed by atoms with Gasteiger partial charge in [0.1, 0.15) is 0 Å². The smallest absolute Gasteiger partial charge is 0.270 e. The van der Waals surface area contributed by atoms with Gasteiger partial charge in [0.15, 0.2) is 0 Å². The highest BCUT2D eigenvalue weighted by atomic mass is 35.5. The lowest BCUT2D eigenvalue weighted by Crippen LogP contribution is -2.43. The molecule has 116 valence electrons. The molecule has 1 rings (SSSR count). The molecular formula is C14H20ClN3O3. The summed E-state index contributed by atoms with van der Waals surface area (Å²) in [7, 11) is 3.91. The molecule has 1 aromatic rings. The summed E-state index contributed by atoms with van der Waals surface area (Å²) in [6.07, 6.45) is 0. The van der Waals surface area contributed by atoms with Gasteiger partial charge in [0, 0.05) is 24.7 Å². The first-order valence-electron chi connectivity index (χ1n) is 6.62. The molecule has 0 radical (unpaired) electrons. The number of benzene rings is 1. The monoisotopic (exact) mass is 313 g/mol. The van der Waals surface area contributed by atoms with E-state index < -0.39 is 4.92 Å². The van der Waals surface area contributed by atoms with Crippen LogP contribution in [0.25, 0.3) is 0 Å². The molecule has 0 saturated heterocycles. The fourth-order valence-electron chi connectivity index (χ4n) is 2.11. The first kappa shape index (κ1) is 17.4. The highest BCUT2D eigenvalue weighted by Crippen LogP contribution is 2.22. The molecule has 7 heteroatoms. The maximum atomic E-state index is 12.1. The quantitative estimate of drug-likeness (QED) is 0.647. The number of likely N-dealkylation sites (N-methyl/N-ethyl adjacent to an activating group) is 1. The van der Waals surface area contributed by atoms with Crippen LogP contribution in [0.15, 0.2) is 18.2 Å². The Balaban J connectivity index is 2.78. The molecule has 1 atom stereocenters. The van der Waals surface area contributed by atoms with Crippen LogP contribution in [0, 0.1) is 16.0 Å². The van der Waals surface area contributed by atoms with Crippen LogP contribution < -0.4 is 5.32 Å². The summed E-state index contributed by atoms with van der Waals surface area (Å²) in [6.45, 7) is 4.64. The number of halogens is 1. The predicted molar refractivity (Wildman–Crippen MR) is 82.8 cm³/mol. The van der Waals surface area contributed by atoms with Crippen molar-refractivity contribution < 1.29 is 9.72 Å². The number of amides is 1. The minimum atomic E-state index is -0.547. The summed E-state index contributed by atoms with van der Waals surface area (Å²) in [5.74, 6) is 0.0510. The van der Waals surface area contributed by atoms with Gasteiger partial charge in [0.05, 0.1) is 15.5 Å². The Kier molecular flexibility index (Phi) is 6.11. The highest BCUT2D eigenvalue weighted by Gasteiger charge is 2.19. The lowest BCUT2D eigenvalue weighted by molar-refractivity contribution is -0.384. The highest BCUT2D eigenvalue weighted by molar-refractivity contribution is 6.34. The van der Waals surface area contributed by atoms with Gasteiger partial charge in [-0.3, -0.25) is 14.9 Å². The fourth-order valence-corrected chi connectivity index (χ4v) is 2.37. The largest absolute Gasteiger partial charge is 0.350 e. The molecule has 6 nitrogen and oxygen atoms in total. The van der Waals surface area contributed by atoms with Crippen molar-refractivity contribution in [1.82, 2.24) is 10.2 Å². The topological polar surface area (TPSA) is 75.5 Å². The zero-order chi connectivity index (χ0) is 16.2. The zero-order valence-electron chi connectivity index (χ0n) is 12.6. The molecule has 0 heterocycles. The fraction of sp³-hybridized carbons (Fsp3) is 0.500. The zero-order valence-corrected chi connectivity index (χ0v) is 13.3. The molecule has 21 heavy (non-hydrogen) atoms. The lowest BCUT2D eigenvalue weighted by atomic mass is 10.0. The van der Waals surface area contributed by atoms with Gasteiger partial charge >= 0.3 is 0 Å². The van der Waals surface area contributed by atoms with Crippen molar-refractivity contribution in [3.63, 3.8) is 0 Å². The van der Waals surface area contributed by atoms with Gasteiger partial charge in [-0.05, 0) is 26.1 Å². The van der Waals surface area contributed by atoms with E-state index in [-0.39, 0.29) is 28.2 Å². The Labute approximate surface area is 129 Å². The van der Waals surface area contributed by atoms with Gasteiger partial charge in [-0.1, -0.05) is 25.4 Å². The number of hydrogen-bond donors (Lipinski definition) is 1. The van der Waals surface area contributed by atoms with Crippen LogP contribution in [-0.2, 0) is 0 Å². The third kappa shape index (κ3) is 4.68. The minimum Gasteiger partial charge on any atom is -0.350 e. The summed E-state index contributed by atoms with van der Waals surface area (Å²) in [5, 5.41) is 13.5. The first-order chi connectivity index (χ1) is 9.73. The van der Waals surface area contributed by atoms with E-state index in [2.05, 4.69) is 19.2 Å². The molecule has 0 aliphatic rings. The Morgan fingerprint density at radius 2 is 2.05 bits per heavy atom. The van der Waals surface area contributed by atoms with Crippen LogP contribution in [-0.4, -0.2) is 42.4 Å². The summed E-state index contributed by atoms with van der Waals surface area (Å²) >= 11 is 5.93. The third-order valence-electron chi connectivity index (χ3n) is 3.31. The molecule has 0 spiro atoms. The Morgan fingerprint density at radius 3 is 2.48 bits per heavy atom. The van der Waals surface area contributed by atoms with Crippen LogP contribution >= 0.6 is 11.6 Å². The molecule has 0 aliphatic heterocycles. The van der Waals surface area contributed by atoms with Gasteiger partial charge in [-0.2, -0.15) is 0 Å². The number of nitro groups is 1. The molecule has 0 fully saturated rings. The number of hydrogen-bond acceptors (Lipinski definition) is 4. The second kappa shape index (κ2) is 7.38. The number of carbonyl (C=O) groups is 1. The Morgan fingerprint density at radius 1 is 1.43 bits per heavy atom. The van der Waals surface area contributed by atoms with Crippen LogP contribution in [0.5, 0.6) is 0 Å². The number of nitrogens with one attached hydrogen (secondary N) is 1. The predicted octanol–water partition coefficient (Wildman–Crippen LogP) is 2.56. The molecule has 1 N–H and O–H groups in total. The molecule has 1 amide bonds. The normalized spacial score (nSPS) is 12.5. The number of nitro benzene ring substituents is 1. The van der Waals surface area contributed by atoms with E-state index in [1.807, 2.05) is 19.0 Å². The van der Waals surface area contributed by atoms with Crippen LogP contribution in [0.4, 0.5) is 5.69 Å². The number of non-ortho nitro benzene ring substituents is 1. The van der Waals surface area contributed by atoms with Crippen LogP contribution in [0.3, 0.4) is 0 Å². The Bertz CT molecular complexity index is 524. The molecule has 0 aliphatic carbocycles. The van der Waals surface area contributed by atoms with Crippen molar-refractivity contribution in [2.24, 2.45) is 5.92 Å². The van der Waals surface area contributed by atoms with Gasteiger partial charge in [-0.15, -0.1) is 0 Å². The minimum absolute atomic E-state index is 0.0765. The van der Waals surface area contributed by atoms with Crippen LogP contribution in [0.2, 0.25) is 5.02 Å². The van der Waals surface area contributed by atoms with E-state index in [1.165, 1.54) is 18.2 Å². The molecule has 1 unspecified atom stereocenters. The molecule has 0 aromatic heterocycles. The maximum absolute atomic E-state index is 12.1. The van der Waals surface area contributed by atoms with Crippen molar-refractivity contribution in [3.8, 4) is 0 Å². The third-order valence-corrected chi connectivity index (χ3v) is 3.63. The van der Waals surface area contributed by atoms with E-state index in [1.54, 1.807) is 0 Å². The lowest BCUT2D eigenvalue weighted by Gasteiger charge is -2.28. The second-order valence-electron chi connectivity index (χ2n) is 5.41. The van der Waals surface area contributed by atoms with Gasteiger partial charge < -0.3 is 10.2 Å². The van der Waals surface area contributed by atoms with E-state index in [4.69, 9.17) is 11.6 Å². The van der Waals surface area contributed by atoms with Crippen molar-refractivity contribution in [1.29, 1.82) is 0 Å². The van der Waals surface area contributed by atoms with Crippen molar-refractivity contribution >= 4 is 23.2 Å². The van der Waals surface area contributed by atoms with Crippen molar-refractivity contribution in [3.05, 3.63) is 38.9 Å². The van der Waals surface area contributed by atoms with E-state index in [0.717, 1.165) is 0 Å². The molecule has 0 saturated carbocycles. The maximum Gasteiger partial charge on any atom is 0.270 e. The number of nitrogens with zero attached hydrogens (tertiary/aromatic N) is 2. The number of carbonyl (C=O) groups excluding carboxylic acids is 1. The standard InChI is InChI=1S/C14H20ClN3O3/c1-9(2)13(17(3)4)8-16-14(19)11-6-5-10(18(20)21)7-12(11)15/h5-7,9,13H,8H2,1-4H3,(H,16,19). The molecular weight excluding hydrogens is 294 g/mol. The van der Waals surface area contributed by atoms with Crippen molar-refractivity contribution in [2.75, 3.05) is 20.6 Å². The average molecular weight is 314 g/mol. The summed E-state index contributed by atoms with van der Waals surface area (Å²) < 4.78 is 0.